The summed E-state index contributed by atoms with van der Waals surface area (Å²) in [5.74, 6) is -0.973. The molecular formula is C21H25N3O5S. The van der Waals surface area contributed by atoms with E-state index in [-0.39, 0.29) is 23.2 Å². The van der Waals surface area contributed by atoms with Crippen molar-refractivity contribution in [3.05, 3.63) is 53.6 Å². The van der Waals surface area contributed by atoms with Gasteiger partial charge in [-0.25, -0.2) is 8.42 Å². The van der Waals surface area contributed by atoms with Crippen LogP contribution in [-0.4, -0.2) is 39.1 Å². The Hall–Kier alpha value is -3.07. The zero-order valence-electron chi connectivity index (χ0n) is 17.3. The molecule has 1 aliphatic rings. The fourth-order valence-corrected chi connectivity index (χ4v) is 4.09. The molecule has 8 nitrogen and oxygen atoms in total. The predicted octanol–water partition coefficient (Wildman–Crippen LogP) is 2.25. The molecule has 0 aromatic heterocycles. The lowest BCUT2D eigenvalue weighted by molar-refractivity contribution is -0.122. The number of benzene rings is 2. The van der Waals surface area contributed by atoms with Crippen molar-refractivity contribution < 1.29 is 22.7 Å². The summed E-state index contributed by atoms with van der Waals surface area (Å²) in [6.07, 6.45) is -0.0166. The van der Waals surface area contributed by atoms with Crippen LogP contribution in [0.3, 0.4) is 0 Å². The SMILES string of the molecule is CC(C)(C)c1ccc2c(c1)N(S(C)(=O)=O)C[C@@H](C(=O)Nc1ccccc1C(N)=O)O2. The molecule has 0 bridgehead atoms. The standard InChI is InChI=1S/C21H25N3O5S/c1-21(2,3)13-9-10-17-16(11-13)24(30(4,27)28)12-18(29-17)20(26)23-15-8-6-5-7-14(15)19(22)25/h5-11,18H,12H2,1-4H3,(H2,22,25)(H,23,26)/t18-/m0/s1. The second kappa shape index (κ2) is 7.64. The molecule has 2 aromatic rings. The summed E-state index contributed by atoms with van der Waals surface area (Å²) in [7, 11) is -3.66. The summed E-state index contributed by atoms with van der Waals surface area (Å²) >= 11 is 0. The molecule has 2 aromatic carbocycles. The average molecular weight is 432 g/mol. The van der Waals surface area contributed by atoms with E-state index in [2.05, 4.69) is 5.32 Å². The van der Waals surface area contributed by atoms with Crippen molar-refractivity contribution >= 4 is 33.2 Å². The van der Waals surface area contributed by atoms with Crippen LogP contribution in [0.1, 0.15) is 36.7 Å². The first-order chi connectivity index (χ1) is 13.9. The molecule has 30 heavy (non-hydrogen) atoms. The number of ether oxygens (including phenoxy) is 1. The highest BCUT2D eigenvalue weighted by Crippen LogP contribution is 2.38. The van der Waals surface area contributed by atoms with Crippen molar-refractivity contribution in [2.75, 3.05) is 22.4 Å². The average Bonchev–Trinajstić information content (AvgIpc) is 2.65. The Bertz CT molecular complexity index is 1110. The number of para-hydroxylation sites is 1. The topological polar surface area (TPSA) is 119 Å². The summed E-state index contributed by atoms with van der Waals surface area (Å²) in [4.78, 5) is 24.4. The van der Waals surface area contributed by atoms with Crippen molar-refractivity contribution in [3.8, 4) is 5.75 Å². The fraction of sp³-hybridized carbons (Fsp3) is 0.333. The number of sulfonamides is 1. The quantitative estimate of drug-likeness (QED) is 0.770. The van der Waals surface area contributed by atoms with Gasteiger partial charge in [-0.1, -0.05) is 39.0 Å². The van der Waals surface area contributed by atoms with Crippen LogP contribution in [0.2, 0.25) is 0 Å². The van der Waals surface area contributed by atoms with Gasteiger partial charge in [-0.2, -0.15) is 0 Å². The molecule has 1 atom stereocenters. The minimum absolute atomic E-state index is 0.150. The first-order valence-corrected chi connectivity index (χ1v) is 11.2. The number of nitrogens with zero attached hydrogens (tertiary/aromatic N) is 1. The third-order valence-corrected chi connectivity index (χ3v) is 5.98. The van der Waals surface area contributed by atoms with Crippen LogP contribution in [0.4, 0.5) is 11.4 Å². The molecule has 1 aliphatic heterocycles. The van der Waals surface area contributed by atoms with Gasteiger partial charge in [-0.15, -0.1) is 0 Å². The Balaban J connectivity index is 1.95. The van der Waals surface area contributed by atoms with E-state index in [1.54, 1.807) is 30.3 Å². The van der Waals surface area contributed by atoms with Gasteiger partial charge in [0.2, 0.25) is 10.0 Å². The molecule has 0 aliphatic carbocycles. The molecule has 0 saturated heterocycles. The number of anilines is 2. The first kappa shape index (κ1) is 21.6. The molecule has 0 saturated carbocycles. The Morgan fingerprint density at radius 1 is 1.17 bits per heavy atom. The van der Waals surface area contributed by atoms with E-state index in [4.69, 9.17) is 10.5 Å². The van der Waals surface area contributed by atoms with E-state index in [1.807, 2.05) is 26.8 Å². The Morgan fingerprint density at radius 2 is 1.83 bits per heavy atom. The molecule has 0 radical (unpaired) electrons. The van der Waals surface area contributed by atoms with E-state index < -0.39 is 27.9 Å². The maximum Gasteiger partial charge on any atom is 0.267 e. The number of hydrogen-bond acceptors (Lipinski definition) is 5. The number of fused-ring (bicyclic) bond motifs is 1. The van der Waals surface area contributed by atoms with Gasteiger partial charge in [-0.3, -0.25) is 13.9 Å². The minimum Gasteiger partial charge on any atom is -0.476 e. The number of nitrogens with two attached hydrogens (primary N) is 1. The highest BCUT2D eigenvalue weighted by molar-refractivity contribution is 7.92. The fourth-order valence-electron chi connectivity index (χ4n) is 3.19. The second-order valence-electron chi connectivity index (χ2n) is 8.23. The van der Waals surface area contributed by atoms with Crippen LogP contribution in [0.15, 0.2) is 42.5 Å². The van der Waals surface area contributed by atoms with Crippen LogP contribution in [0.5, 0.6) is 5.75 Å². The van der Waals surface area contributed by atoms with Gasteiger partial charge in [-0.05, 0) is 35.2 Å². The number of carbonyl (C=O) groups excluding carboxylic acids is 2. The van der Waals surface area contributed by atoms with Crippen molar-refractivity contribution in [1.82, 2.24) is 0 Å². The third kappa shape index (κ3) is 4.40. The van der Waals surface area contributed by atoms with E-state index in [0.717, 1.165) is 11.8 Å². The number of nitrogens with one attached hydrogen (secondary N) is 1. The van der Waals surface area contributed by atoms with E-state index in [0.29, 0.717) is 11.4 Å². The zero-order chi connectivity index (χ0) is 22.3. The Morgan fingerprint density at radius 3 is 2.43 bits per heavy atom. The molecule has 9 heteroatoms. The molecule has 3 N–H and O–H groups in total. The second-order valence-corrected chi connectivity index (χ2v) is 10.1. The maximum absolute atomic E-state index is 12.8. The van der Waals surface area contributed by atoms with Crippen molar-refractivity contribution in [2.45, 2.75) is 32.3 Å². The Kier molecular flexibility index (Phi) is 5.51. The van der Waals surface area contributed by atoms with Crippen molar-refractivity contribution in [3.63, 3.8) is 0 Å². The van der Waals surface area contributed by atoms with E-state index >= 15 is 0 Å². The van der Waals surface area contributed by atoms with Crippen LogP contribution in [0.25, 0.3) is 0 Å². The molecule has 1 heterocycles. The zero-order valence-corrected chi connectivity index (χ0v) is 18.1. The molecular weight excluding hydrogens is 406 g/mol. The lowest BCUT2D eigenvalue weighted by atomic mass is 9.86. The largest absolute Gasteiger partial charge is 0.476 e. The number of primary amides is 1. The van der Waals surface area contributed by atoms with Gasteiger partial charge in [0.1, 0.15) is 5.75 Å². The van der Waals surface area contributed by atoms with Gasteiger partial charge in [0, 0.05) is 0 Å². The summed E-state index contributed by atoms with van der Waals surface area (Å²) < 4.78 is 31.9. The summed E-state index contributed by atoms with van der Waals surface area (Å²) in [5.41, 5.74) is 6.88. The number of rotatable bonds is 4. The summed E-state index contributed by atoms with van der Waals surface area (Å²) in [6.45, 7) is 5.88. The molecule has 0 fully saturated rings. The van der Waals surface area contributed by atoms with Gasteiger partial charge < -0.3 is 15.8 Å². The number of hydrogen-bond donors (Lipinski definition) is 2. The molecule has 2 amide bonds. The minimum atomic E-state index is -3.66. The van der Waals surface area contributed by atoms with E-state index in [1.165, 1.54) is 10.4 Å². The highest BCUT2D eigenvalue weighted by Gasteiger charge is 2.36. The molecule has 0 unspecified atom stereocenters. The van der Waals surface area contributed by atoms with Crippen LogP contribution in [0, 0.1) is 0 Å². The normalized spacial score (nSPS) is 16.4. The molecule has 0 spiro atoms. The predicted molar refractivity (Wildman–Crippen MR) is 115 cm³/mol. The lowest BCUT2D eigenvalue weighted by Crippen LogP contribution is -2.48. The summed E-state index contributed by atoms with van der Waals surface area (Å²) in [6, 6.07) is 11.6. The van der Waals surface area contributed by atoms with Crippen LogP contribution in [-0.2, 0) is 20.2 Å². The number of amides is 2. The van der Waals surface area contributed by atoms with Crippen molar-refractivity contribution in [2.24, 2.45) is 5.73 Å². The molecule has 160 valence electrons. The van der Waals surface area contributed by atoms with E-state index in [9.17, 15) is 18.0 Å². The van der Waals surface area contributed by atoms with Gasteiger partial charge in [0.25, 0.3) is 11.8 Å². The third-order valence-electron chi connectivity index (χ3n) is 4.84. The van der Waals surface area contributed by atoms with Crippen LogP contribution >= 0.6 is 0 Å². The monoisotopic (exact) mass is 431 g/mol. The Labute approximate surface area is 176 Å². The number of carbonyl (C=O) groups is 2. The van der Waals surface area contributed by atoms with Gasteiger partial charge >= 0.3 is 0 Å². The van der Waals surface area contributed by atoms with Gasteiger partial charge in [0.05, 0.1) is 29.7 Å². The maximum atomic E-state index is 12.8. The highest BCUT2D eigenvalue weighted by atomic mass is 32.2. The van der Waals surface area contributed by atoms with Crippen molar-refractivity contribution in [1.29, 1.82) is 0 Å². The first-order valence-electron chi connectivity index (χ1n) is 9.36. The smallest absolute Gasteiger partial charge is 0.267 e. The summed E-state index contributed by atoms with van der Waals surface area (Å²) in [5, 5.41) is 2.61. The van der Waals surface area contributed by atoms with Gasteiger partial charge in [0.15, 0.2) is 6.10 Å². The van der Waals surface area contributed by atoms with Crippen LogP contribution < -0.4 is 20.1 Å². The lowest BCUT2D eigenvalue weighted by Gasteiger charge is -2.35. The molecule has 3 rings (SSSR count).